The Labute approximate surface area is 201 Å². The van der Waals surface area contributed by atoms with Gasteiger partial charge in [-0.2, -0.15) is 0 Å². The van der Waals surface area contributed by atoms with Crippen LogP contribution >= 0.6 is 23.2 Å². The van der Waals surface area contributed by atoms with Crippen LogP contribution in [-0.2, 0) is 13.1 Å². The first kappa shape index (κ1) is 21.2. The normalized spacial score (nSPS) is 23.1. The zero-order chi connectivity index (χ0) is 22.7. The van der Waals surface area contributed by atoms with Crippen LogP contribution in [0.4, 0.5) is 0 Å². The minimum absolute atomic E-state index is 0.109. The molecule has 4 heterocycles. The number of hydrogen-bond donors (Lipinski definition) is 2. The number of piperidine rings is 1. The fourth-order valence-corrected chi connectivity index (χ4v) is 6.48. The molecule has 5 nitrogen and oxygen atoms in total. The lowest BCUT2D eigenvalue weighted by molar-refractivity contribution is -0.914. The van der Waals surface area contributed by atoms with E-state index in [1.807, 2.05) is 47.0 Å². The summed E-state index contributed by atoms with van der Waals surface area (Å²) in [7, 11) is 0. The summed E-state index contributed by atoms with van der Waals surface area (Å²) in [6.07, 6.45) is 0.652. The van der Waals surface area contributed by atoms with E-state index in [0.717, 1.165) is 53.6 Å². The predicted octanol–water partition coefficient (Wildman–Crippen LogP) is 3.33. The largest absolute Gasteiger partial charge is 0.385 e. The van der Waals surface area contributed by atoms with Crippen LogP contribution in [0.5, 0.6) is 0 Å². The lowest BCUT2D eigenvalue weighted by Gasteiger charge is -2.40. The van der Waals surface area contributed by atoms with Crippen molar-refractivity contribution in [2.45, 2.75) is 31.5 Å². The molecule has 1 saturated heterocycles. The zero-order valence-electron chi connectivity index (χ0n) is 18.2. The number of hydrogen-bond acceptors (Lipinski definition) is 2. The van der Waals surface area contributed by atoms with Gasteiger partial charge >= 0.3 is 0 Å². The summed E-state index contributed by atoms with van der Waals surface area (Å²) in [4.78, 5) is 13.7. The van der Waals surface area contributed by atoms with E-state index in [0.29, 0.717) is 35.0 Å². The Morgan fingerprint density at radius 1 is 1.00 bits per heavy atom. The third-order valence-corrected chi connectivity index (χ3v) is 7.85. The van der Waals surface area contributed by atoms with Gasteiger partial charge in [-0.3, -0.25) is 4.79 Å². The van der Waals surface area contributed by atoms with Crippen molar-refractivity contribution in [2.24, 2.45) is 5.92 Å². The number of aliphatic hydroxyl groups is 1. The summed E-state index contributed by atoms with van der Waals surface area (Å²) in [5.74, 6) is 0.863. The molecule has 2 bridgehead atoms. The van der Waals surface area contributed by atoms with Gasteiger partial charge in [-0.25, -0.2) is 0 Å². The van der Waals surface area contributed by atoms with E-state index in [9.17, 15) is 9.90 Å². The number of halogens is 2. The van der Waals surface area contributed by atoms with Gasteiger partial charge in [0.25, 0.3) is 5.56 Å². The second kappa shape index (κ2) is 8.17. The molecule has 0 radical (unpaired) electrons. The molecular formula is C26H26Cl2N3O2+. The number of nitrogens with zero attached hydrogens (tertiary/aromatic N) is 2. The maximum atomic E-state index is 12.3. The van der Waals surface area contributed by atoms with Crippen LogP contribution in [0.25, 0.3) is 21.8 Å². The summed E-state index contributed by atoms with van der Waals surface area (Å²) < 4.78 is 4.14. The second-order valence-corrected chi connectivity index (χ2v) is 10.5. The molecule has 4 aromatic rings. The van der Waals surface area contributed by atoms with E-state index >= 15 is 0 Å². The van der Waals surface area contributed by atoms with Crippen LogP contribution in [0.1, 0.15) is 18.0 Å². The average molecular weight is 483 g/mol. The fourth-order valence-electron chi connectivity index (χ4n) is 6.14. The zero-order valence-corrected chi connectivity index (χ0v) is 19.7. The van der Waals surface area contributed by atoms with Gasteiger partial charge in [-0.15, -0.1) is 0 Å². The molecule has 2 aromatic carbocycles. The number of aromatic nitrogens is 2. The number of pyridine rings is 1. The molecule has 1 fully saturated rings. The minimum Gasteiger partial charge on any atom is -0.385 e. The summed E-state index contributed by atoms with van der Waals surface area (Å²) in [6.45, 7) is 3.94. The number of fused-ring (bicyclic) bond motifs is 7. The van der Waals surface area contributed by atoms with Crippen molar-refractivity contribution in [3.05, 3.63) is 80.7 Å². The van der Waals surface area contributed by atoms with Gasteiger partial charge in [-0.1, -0.05) is 29.3 Å². The molecular weight excluding hydrogens is 457 g/mol. The van der Waals surface area contributed by atoms with Gasteiger partial charge in [0.15, 0.2) is 0 Å². The Hall–Kier alpha value is -2.31. The Balaban J connectivity index is 1.26. The Morgan fingerprint density at radius 2 is 1.70 bits per heavy atom. The lowest BCUT2D eigenvalue weighted by atomic mass is 9.83. The highest BCUT2D eigenvalue weighted by molar-refractivity contribution is 6.33. The first-order valence-corrected chi connectivity index (χ1v) is 12.3. The van der Waals surface area contributed by atoms with E-state index in [1.54, 1.807) is 6.07 Å². The second-order valence-electron chi connectivity index (χ2n) is 9.65. The molecule has 2 aliphatic heterocycles. The Kier molecular flexibility index (Phi) is 5.26. The quantitative estimate of drug-likeness (QED) is 0.468. The summed E-state index contributed by atoms with van der Waals surface area (Å²) in [5.41, 5.74) is 3.36. The van der Waals surface area contributed by atoms with Crippen LogP contribution < -0.4 is 10.5 Å². The number of nitrogens with one attached hydrogen (secondary N) is 1. The van der Waals surface area contributed by atoms with Crippen molar-refractivity contribution in [1.82, 2.24) is 9.13 Å². The van der Waals surface area contributed by atoms with Gasteiger partial charge < -0.3 is 19.1 Å². The maximum Gasteiger partial charge on any atom is 0.250 e. The summed E-state index contributed by atoms with van der Waals surface area (Å²) in [6, 6.07) is 17.4. The molecule has 2 aliphatic rings. The molecule has 6 rings (SSSR count). The van der Waals surface area contributed by atoms with Crippen molar-refractivity contribution in [3.8, 4) is 0 Å². The Morgan fingerprint density at radius 3 is 2.39 bits per heavy atom. The van der Waals surface area contributed by atoms with Crippen molar-refractivity contribution >= 4 is 45.0 Å². The molecule has 0 spiro atoms. The van der Waals surface area contributed by atoms with Crippen LogP contribution in [0.2, 0.25) is 10.0 Å². The van der Waals surface area contributed by atoms with E-state index in [4.69, 9.17) is 23.2 Å². The van der Waals surface area contributed by atoms with Gasteiger partial charge in [0.1, 0.15) is 12.6 Å². The average Bonchev–Trinajstić information content (AvgIpc) is 3.06. The Bertz CT molecular complexity index is 1370. The lowest BCUT2D eigenvalue weighted by Crippen LogP contribution is -3.15. The number of rotatable bonds is 4. The van der Waals surface area contributed by atoms with Gasteiger partial charge in [-0.05, 0) is 48.9 Å². The number of quaternary nitrogens is 1. The third kappa shape index (κ3) is 3.77. The number of aliphatic hydroxyl groups excluding tert-OH is 1. The number of likely N-dealkylation sites (tertiary alicyclic amines) is 1. The minimum atomic E-state index is -0.484. The molecule has 0 saturated carbocycles. The highest BCUT2D eigenvalue weighted by atomic mass is 35.5. The standard InChI is InChI=1S/C26H25Cl2N3O2/c27-18-4-6-24-21(9-18)22-10-19(28)5-7-25(22)30(24)15-20(32)14-29-11-16-8-17(13-29)23-2-1-3-26(33)31(23)12-16/h1-7,9-10,16-17,20,32H,8,11-15H2/p+1/t16-,17+,20+/m0/s1. The number of benzene rings is 2. The third-order valence-electron chi connectivity index (χ3n) is 7.38. The topological polar surface area (TPSA) is 51.6 Å². The summed E-state index contributed by atoms with van der Waals surface area (Å²) in [5, 5.41) is 14.6. The highest BCUT2D eigenvalue weighted by Gasteiger charge is 2.37. The molecule has 170 valence electrons. The molecule has 4 atom stereocenters. The first-order valence-electron chi connectivity index (χ1n) is 11.5. The molecule has 2 N–H and O–H groups in total. The molecule has 0 amide bonds. The maximum absolute atomic E-state index is 12.3. The molecule has 0 aliphatic carbocycles. The van der Waals surface area contributed by atoms with Crippen LogP contribution in [0.3, 0.4) is 0 Å². The molecule has 1 unspecified atom stereocenters. The monoisotopic (exact) mass is 482 g/mol. The van der Waals surface area contributed by atoms with E-state index in [1.165, 1.54) is 4.90 Å². The van der Waals surface area contributed by atoms with Gasteiger partial charge in [0, 0.05) is 62.0 Å². The highest BCUT2D eigenvalue weighted by Crippen LogP contribution is 2.33. The van der Waals surface area contributed by atoms with Crippen molar-refractivity contribution in [2.75, 3.05) is 19.6 Å². The predicted molar refractivity (Wildman–Crippen MR) is 133 cm³/mol. The van der Waals surface area contributed by atoms with Gasteiger partial charge in [0.2, 0.25) is 0 Å². The van der Waals surface area contributed by atoms with Crippen LogP contribution in [-0.4, -0.2) is 40.0 Å². The van der Waals surface area contributed by atoms with Crippen molar-refractivity contribution in [1.29, 1.82) is 0 Å². The first-order chi connectivity index (χ1) is 16.0. The molecule has 7 heteroatoms. The fraction of sp³-hybridized carbons (Fsp3) is 0.346. The van der Waals surface area contributed by atoms with E-state index < -0.39 is 6.10 Å². The molecule has 2 aromatic heterocycles. The SMILES string of the molecule is O=c1cccc2n1C[C@H]1C[C@@H]2C[NH+](C[C@@H](O)Cn2c3ccc(Cl)cc3c3cc(Cl)ccc32)C1. The van der Waals surface area contributed by atoms with Crippen LogP contribution in [0, 0.1) is 5.92 Å². The van der Waals surface area contributed by atoms with Gasteiger partial charge in [0.05, 0.1) is 19.6 Å². The summed E-state index contributed by atoms with van der Waals surface area (Å²) >= 11 is 12.6. The van der Waals surface area contributed by atoms with Crippen LogP contribution in [0.15, 0.2) is 59.4 Å². The van der Waals surface area contributed by atoms with E-state index in [2.05, 4.69) is 10.6 Å². The van der Waals surface area contributed by atoms with E-state index in [-0.39, 0.29) is 5.56 Å². The van der Waals surface area contributed by atoms with Crippen molar-refractivity contribution in [3.63, 3.8) is 0 Å². The van der Waals surface area contributed by atoms with Crippen molar-refractivity contribution < 1.29 is 10.0 Å². The molecule has 33 heavy (non-hydrogen) atoms. The smallest absolute Gasteiger partial charge is 0.250 e.